The number of hydrogen-bond donors (Lipinski definition) is 2. The molecule has 0 saturated carbocycles. The molecule has 0 spiro atoms. The maximum absolute atomic E-state index is 12.3. The molecule has 25 heavy (non-hydrogen) atoms. The van der Waals surface area contributed by atoms with Crippen LogP contribution in [0.4, 0.5) is 0 Å². The van der Waals surface area contributed by atoms with Crippen LogP contribution in [0.1, 0.15) is 31.7 Å². The van der Waals surface area contributed by atoms with Gasteiger partial charge in [-0.3, -0.25) is 4.79 Å². The van der Waals surface area contributed by atoms with Crippen LogP contribution in [0.25, 0.3) is 0 Å². The van der Waals surface area contributed by atoms with Gasteiger partial charge in [-0.05, 0) is 31.0 Å². The minimum absolute atomic E-state index is 0.144. The number of carbonyl (C=O) groups excluding carboxylic acids is 1. The summed E-state index contributed by atoms with van der Waals surface area (Å²) < 4.78 is 27.0. The number of benzene rings is 2. The van der Waals surface area contributed by atoms with Gasteiger partial charge in [0.1, 0.15) is 0 Å². The van der Waals surface area contributed by atoms with Crippen molar-refractivity contribution >= 4 is 15.9 Å². The zero-order valence-corrected chi connectivity index (χ0v) is 15.3. The quantitative estimate of drug-likeness (QED) is 0.760. The molecule has 2 unspecified atom stereocenters. The second-order valence-corrected chi connectivity index (χ2v) is 7.63. The van der Waals surface area contributed by atoms with E-state index in [1.807, 2.05) is 30.3 Å². The molecule has 6 heteroatoms. The van der Waals surface area contributed by atoms with Crippen LogP contribution in [-0.4, -0.2) is 26.9 Å². The lowest BCUT2D eigenvalue weighted by Gasteiger charge is -2.19. The maximum Gasteiger partial charge on any atom is 0.241 e. The van der Waals surface area contributed by atoms with E-state index in [1.54, 1.807) is 25.1 Å². The standard InChI is InChI=1S/C19H24N2O3S/c1-3-16(17-10-6-4-7-11-17)14-20-19(22)15(2)21-25(23,24)18-12-8-5-9-13-18/h4-13,15-16,21H,3,14H2,1-2H3,(H,20,22). The van der Waals surface area contributed by atoms with Gasteiger partial charge >= 0.3 is 0 Å². The fourth-order valence-electron chi connectivity index (χ4n) is 2.55. The molecular formula is C19H24N2O3S. The molecule has 2 atom stereocenters. The maximum atomic E-state index is 12.3. The molecule has 0 aliphatic carbocycles. The Hall–Kier alpha value is -2.18. The van der Waals surface area contributed by atoms with E-state index in [0.29, 0.717) is 6.54 Å². The zero-order chi connectivity index (χ0) is 18.3. The molecule has 0 aliphatic heterocycles. The highest BCUT2D eigenvalue weighted by molar-refractivity contribution is 7.89. The number of sulfonamides is 1. The van der Waals surface area contributed by atoms with Crippen molar-refractivity contribution < 1.29 is 13.2 Å². The molecule has 0 aromatic heterocycles. The van der Waals surface area contributed by atoms with Crippen molar-refractivity contribution in [2.24, 2.45) is 0 Å². The van der Waals surface area contributed by atoms with Crippen molar-refractivity contribution in [2.45, 2.75) is 37.1 Å². The fraction of sp³-hybridized carbons (Fsp3) is 0.316. The summed E-state index contributed by atoms with van der Waals surface area (Å²) in [4.78, 5) is 12.4. The highest BCUT2D eigenvalue weighted by atomic mass is 32.2. The van der Waals surface area contributed by atoms with Crippen LogP contribution >= 0.6 is 0 Å². The van der Waals surface area contributed by atoms with Gasteiger partial charge in [-0.2, -0.15) is 4.72 Å². The SMILES string of the molecule is CCC(CNC(=O)C(C)NS(=O)(=O)c1ccccc1)c1ccccc1. The Bertz CT molecular complexity index is 777. The average Bonchev–Trinajstić information content (AvgIpc) is 2.63. The predicted molar refractivity (Wildman–Crippen MR) is 98.7 cm³/mol. The van der Waals surface area contributed by atoms with Gasteiger partial charge < -0.3 is 5.32 Å². The Labute approximate surface area is 149 Å². The molecule has 134 valence electrons. The third-order valence-electron chi connectivity index (χ3n) is 4.07. The van der Waals surface area contributed by atoms with E-state index < -0.39 is 16.1 Å². The van der Waals surface area contributed by atoms with E-state index in [9.17, 15) is 13.2 Å². The second kappa shape index (κ2) is 8.78. The van der Waals surface area contributed by atoms with Crippen molar-refractivity contribution in [3.8, 4) is 0 Å². The first-order chi connectivity index (χ1) is 11.9. The molecule has 2 aromatic carbocycles. The normalized spacial score (nSPS) is 13.8. The summed E-state index contributed by atoms with van der Waals surface area (Å²) >= 11 is 0. The molecular weight excluding hydrogens is 336 g/mol. The summed E-state index contributed by atoms with van der Waals surface area (Å²) in [7, 11) is -3.71. The lowest BCUT2D eigenvalue weighted by Crippen LogP contribution is -2.45. The van der Waals surface area contributed by atoms with Gasteiger partial charge in [0.25, 0.3) is 0 Å². The molecule has 0 saturated heterocycles. The van der Waals surface area contributed by atoms with E-state index in [1.165, 1.54) is 12.1 Å². The zero-order valence-electron chi connectivity index (χ0n) is 14.5. The molecule has 1 amide bonds. The van der Waals surface area contributed by atoms with Crippen LogP contribution in [0.2, 0.25) is 0 Å². The summed E-state index contributed by atoms with van der Waals surface area (Å²) in [6, 6.07) is 17.1. The Kier molecular flexibility index (Phi) is 6.73. The summed E-state index contributed by atoms with van der Waals surface area (Å²) in [6.07, 6.45) is 0.883. The monoisotopic (exact) mass is 360 g/mol. The Balaban J connectivity index is 1.94. The number of rotatable bonds is 8. The van der Waals surface area contributed by atoms with Crippen molar-refractivity contribution in [1.29, 1.82) is 0 Å². The summed E-state index contributed by atoms with van der Waals surface area (Å²) in [5, 5.41) is 2.84. The van der Waals surface area contributed by atoms with E-state index in [2.05, 4.69) is 17.0 Å². The van der Waals surface area contributed by atoms with Crippen LogP contribution < -0.4 is 10.0 Å². The van der Waals surface area contributed by atoms with Crippen LogP contribution in [0, 0.1) is 0 Å². The lowest BCUT2D eigenvalue weighted by molar-refractivity contribution is -0.122. The predicted octanol–water partition coefficient (Wildman–Crippen LogP) is 2.66. The summed E-state index contributed by atoms with van der Waals surface area (Å²) in [6.45, 7) is 4.07. The van der Waals surface area contributed by atoms with Gasteiger partial charge in [-0.25, -0.2) is 8.42 Å². The number of nitrogens with one attached hydrogen (secondary N) is 2. The summed E-state index contributed by atoms with van der Waals surface area (Å²) in [5.74, 6) is -0.142. The summed E-state index contributed by atoms with van der Waals surface area (Å²) in [5.41, 5.74) is 1.16. The third kappa shape index (κ3) is 5.41. The highest BCUT2D eigenvalue weighted by Crippen LogP contribution is 2.18. The molecule has 2 N–H and O–H groups in total. The number of carbonyl (C=O) groups is 1. The van der Waals surface area contributed by atoms with Crippen LogP contribution in [0.15, 0.2) is 65.6 Å². The van der Waals surface area contributed by atoms with Crippen molar-refractivity contribution in [3.63, 3.8) is 0 Å². The first-order valence-electron chi connectivity index (χ1n) is 8.34. The molecule has 2 aromatic rings. The van der Waals surface area contributed by atoms with Crippen molar-refractivity contribution in [2.75, 3.05) is 6.54 Å². The van der Waals surface area contributed by atoms with Gasteiger partial charge in [-0.15, -0.1) is 0 Å². The fourth-order valence-corrected chi connectivity index (χ4v) is 3.78. The average molecular weight is 360 g/mol. The Morgan fingerprint density at radius 1 is 1.00 bits per heavy atom. The first-order valence-corrected chi connectivity index (χ1v) is 9.82. The van der Waals surface area contributed by atoms with Gasteiger partial charge in [0, 0.05) is 12.5 Å². The largest absolute Gasteiger partial charge is 0.354 e. The van der Waals surface area contributed by atoms with E-state index in [-0.39, 0.29) is 16.7 Å². The van der Waals surface area contributed by atoms with Crippen molar-refractivity contribution in [3.05, 3.63) is 66.2 Å². The molecule has 0 radical (unpaired) electrons. The van der Waals surface area contributed by atoms with Gasteiger partial charge in [0.15, 0.2) is 0 Å². The topological polar surface area (TPSA) is 75.3 Å². The minimum Gasteiger partial charge on any atom is -0.354 e. The first kappa shape index (κ1) is 19.1. The number of hydrogen-bond acceptors (Lipinski definition) is 3. The van der Waals surface area contributed by atoms with Crippen molar-refractivity contribution in [1.82, 2.24) is 10.0 Å². The van der Waals surface area contributed by atoms with E-state index in [4.69, 9.17) is 0 Å². The van der Waals surface area contributed by atoms with Gasteiger partial charge in [0.2, 0.25) is 15.9 Å². The second-order valence-electron chi connectivity index (χ2n) is 5.92. The van der Waals surface area contributed by atoms with E-state index >= 15 is 0 Å². The smallest absolute Gasteiger partial charge is 0.241 e. The molecule has 0 bridgehead atoms. The Morgan fingerprint density at radius 3 is 2.12 bits per heavy atom. The van der Waals surface area contributed by atoms with Crippen LogP contribution in [0.5, 0.6) is 0 Å². The molecule has 0 heterocycles. The van der Waals surface area contributed by atoms with E-state index in [0.717, 1.165) is 12.0 Å². The lowest BCUT2D eigenvalue weighted by atomic mass is 9.96. The molecule has 5 nitrogen and oxygen atoms in total. The molecule has 2 rings (SSSR count). The Morgan fingerprint density at radius 2 is 1.56 bits per heavy atom. The third-order valence-corrected chi connectivity index (χ3v) is 5.62. The highest BCUT2D eigenvalue weighted by Gasteiger charge is 2.22. The molecule has 0 fully saturated rings. The van der Waals surface area contributed by atoms with Gasteiger partial charge in [-0.1, -0.05) is 55.5 Å². The minimum atomic E-state index is -3.71. The van der Waals surface area contributed by atoms with Gasteiger partial charge in [0.05, 0.1) is 10.9 Å². The molecule has 0 aliphatic rings. The van der Waals surface area contributed by atoms with Crippen LogP contribution in [-0.2, 0) is 14.8 Å². The number of amides is 1. The van der Waals surface area contributed by atoms with Crippen LogP contribution in [0.3, 0.4) is 0 Å².